The molecule has 3 aromatic carbocycles. The molecule has 3 heterocycles. The molecule has 1 aromatic heterocycles. The number of ketones is 1. The highest BCUT2D eigenvalue weighted by Crippen LogP contribution is 2.45. The second kappa shape index (κ2) is 10.9. The van der Waals surface area contributed by atoms with E-state index in [0.29, 0.717) is 39.8 Å². The number of amides is 1. The van der Waals surface area contributed by atoms with E-state index in [9.17, 15) is 14.7 Å². The van der Waals surface area contributed by atoms with Crippen LogP contribution in [-0.4, -0.2) is 40.2 Å². The first-order valence-corrected chi connectivity index (χ1v) is 14.2. The first-order valence-electron chi connectivity index (χ1n) is 12.1. The van der Waals surface area contributed by atoms with Crippen molar-refractivity contribution in [3.05, 3.63) is 99.8 Å². The van der Waals surface area contributed by atoms with Crippen molar-refractivity contribution >= 4 is 57.3 Å². The Hall–Kier alpha value is -3.93. The van der Waals surface area contributed by atoms with Gasteiger partial charge in [-0.2, -0.15) is 0 Å². The van der Waals surface area contributed by atoms with Crippen LogP contribution in [0, 0.1) is 5.82 Å². The lowest BCUT2D eigenvalue weighted by Crippen LogP contribution is -2.29. The van der Waals surface area contributed by atoms with Crippen molar-refractivity contribution in [2.24, 2.45) is 0 Å². The molecule has 202 valence electrons. The molecule has 1 unspecified atom stereocenters. The minimum absolute atomic E-state index is 0.0337. The fourth-order valence-corrected chi connectivity index (χ4v) is 6.40. The molecule has 1 N–H and O–H groups in total. The Kier molecular flexibility index (Phi) is 7.18. The van der Waals surface area contributed by atoms with Crippen molar-refractivity contribution in [1.29, 1.82) is 0 Å². The third-order valence-electron chi connectivity index (χ3n) is 6.34. The van der Waals surface area contributed by atoms with Gasteiger partial charge in [0.1, 0.15) is 30.8 Å². The molecule has 6 rings (SSSR count). The normalized spacial score (nSPS) is 17.9. The van der Waals surface area contributed by atoms with Gasteiger partial charge in [-0.25, -0.2) is 4.39 Å². The number of anilines is 1. The highest BCUT2D eigenvalue weighted by Gasteiger charge is 2.49. The molecular formula is C28H19ClFN3O5S2. The maximum Gasteiger partial charge on any atom is 0.301 e. The summed E-state index contributed by atoms with van der Waals surface area (Å²) in [6.07, 6.45) is 0. The first-order chi connectivity index (χ1) is 19.4. The van der Waals surface area contributed by atoms with Crippen LogP contribution in [0.25, 0.3) is 5.76 Å². The minimum Gasteiger partial charge on any atom is -0.507 e. The van der Waals surface area contributed by atoms with Crippen LogP contribution in [-0.2, 0) is 15.3 Å². The molecule has 0 spiro atoms. The van der Waals surface area contributed by atoms with Crippen LogP contribution in [0.2, 0.25) is 5.02 Å². The molecule has 12 heteroatoms. The second-order valence-electron chi connectivity index (χ2n) is 8.81. The monoisotopic (exact) mass is 595 g/mol. The minimum atomic E-state index is -1.27. The van der Waals surface area contributed by atoms with Gasteiger partial charge in [-0.1, -0.05) is 65.0 Å². The molecule has 4 aromatic rings. The topological polar surface area (TPSA) is 102 Å². The molecule has 1 atom stereocenters. The molecule has 0 aliphatic carbocycles. The third kappa shape index (κ3) is 4.91. The Morgan fingerprint density at radius 1 is 1.05 bits per heavy atom. The average molecular weight is 596 g/mol. The van der Waals surface area contributed by atoms with Gasteiger partial charge < -0.3 is 14.6 Å². The highest BCUT2D eigenvalue weighted by atomic mass is 35.5. The van der Waals surface area contributed by atoms with Crippen molar-refractivity contribution in [2.45, 2.75) is 16.1 Å². The lowest BCUT2D eigenvalue weighted by molar-refractivity contribution is -0.132. The molecule has 1 saturated heterocycles. The van der Waals surface area contributed by atoms with Gasteiger partial charge in [0, 0.05) is 21.9 Å². The van der Waals surface area contributed by atoms with E-state index in [2.05, 4.69) is 10.2 Å². The summed E-state index contributed by atoms with van der Waals surface area (Å²) in [6.45, 7) is 0.713. The number of ether oxygens (including phenoxy) is 2. The van der Waals surface area contributed by atoms with Crippen LogP contribution in [0.5, 0.6) is 11.5 Å². The first kappa shape index (κ1) is 26.3. The third-order valence-corrected chi connectivity index (χ3v) is 8.72. The number of hydrogen-bond acceptors (Lipinski definition) is 9. The summed E-state index contributed by atoms with van der Waals surface area (Å²) in [5.74, 6) is -1.57. The van der Waals surface area contributed by atoms with Crippen LogP contribution >= 0.6 is 34.7 Å². The zero-order valence-electron chi connectivity index (χ0n) is 20.5. The van der Waals surface area contributed by atoms with Gasteiger partial charge in [-0.05, 0) is 42.0 Å². The number of aromatic nitrogens is 2. The van der Waals surface area contributed by atoms with Gasteiger partial charge >= 0.3 is 5.91 Å². The number of aliphatic hydroxyl groups is 1. The molecular weight excluding hydrogens is 577 g/mol. The van der Waals surface area contributed by atoms with Crippen molar-refractivity contribution in [3.8, 4) is 11.5 Å². The molecule has 40 heavy (non-hydrogen) atoms. The van der Waals surface area contributed by atoms with Gasteiger partial charge in [-0.15, -0.1) is 10.2 Å². The van der Waals surface area contributed by atoms with Crippen LogP contribution < -0.4 is 14.4 Å². The number of aliphatic hydroxyl groups excluding tert-OH is 1. The van der Waals surface area contributed by atoms with Crippen LogP contribution in [0.1, 0.15) is 22.7 Å². The fraction of sp³-hybridized carbons (Fsp3) is 0.143. The number of halogens is 2. The number of Topliss-reactive ketones (excluding diaryl/α,β-unsaturated/α-hetero) is 1. The summed E-state index contributed by atoms with van der Waals surface area (Å²) in [5.41, 5.74) is 1.00. The zero-order valence-corrected chi connectivity index (χ0v) is 22.9. The predicted molar refractivity (Wildman–Crippen MR) is 150 cm³/mol. The maximum atomic E-state index is 15.2. The summed E-state index contributed by atoms with van der Waals surface area (Å²) >= 11 is 8.45. The van der Waals surface area contributed by atoms with Gasteiger partial charge in [-0.3, -0.25) is 14.5 Å². The molecule has 1 amide bonds. The number of carbonyl (C=O) groups excluding carboxylic acids is 2. The smallest absolute Gasteiger partial charge is 0.301 e. The van der Waals surface area contributed by atoms with E-state index in [1.54, 1.807) is 30.3 Å². The fourth-order valence-electron chi connectivity index (χ4n) is 4.45. The molecule has 8 nitrogen and oxygen atoms in total. The maximum absolute atomic E-state index is 15.2. The number of thioether (sulfide) groups is 1. The average Bonchev–Trinajstić information content (AvgIpc) is 3.54. The quantitative estimate of drug-likeness (QED) is 0.0949. The summed E-state index contributed by atoms with van der Waals surface area (Å²) in [7, 11) is 0. The van der Waals surface area contributed by atoms with Gasteiger partial charge in [0.25, 0.3) is 5.78 Å². The van der Waals surface area contributed by atoms with Gasteiger partial charge in [0.05, 0.1) is 5.57 Å². The van der Waals surface area contributed by atoms with Crippen molar-refractivity contribution in [1.82, 2.24) is 10.2 Å². The summed E-state index contributed by atoms with van der Waals surface area (Å²) < 4.78 is 26.8. The van der Waals surface area contributed by atoms with E-state index in [1.807, 2.05) is 12.1 Å². The number of nitrogens with zero attached hydrogens (tertiary/aromatic N) is 3. The molecule has 0 radical (unpaired) electrons. The Morgan fingerprint density at radius 3 is 2.58 bits per heavy atom. The SMILES string of the molecule is O=C1C(=O)N(c2nnc(SCc3ccc(Cl)cc3)s2)C(c2ccccc2F)C1=C(O)c1ccc2c(c1)OCCO2. The molecule has 2 aliphatic heterocycles. The van der Waals surface area contributed by atoms with Gasteiger partial charge in [0.15, 0.2) is 15.8 Å². The Bertz CT molecular complexity index is 1660. The summed E-state index contributed by atoms with van der Waals surface area (Å²) in [4.78, 5) is 27.9. The molecule has 0 saturated carbocycles. The lowest BCUT2D eigenvalue weighted by Gasteiger charge is -2.23. The lowest BCUT2D eigenvalue weighted by atomic mass is 9.95. The number of benzene rings is 3. The standard InChI is InChI=1S/C28H19ClFN3O5S2/c29-17-8-5-15(6-9-17)14-39-28-32-31-27(40-28)33-23(18-3-1-2-4-19(18)30)22(25(35)26(33)36)24(34)16-7-10-20-21(13-16)38-12-11-37-20/h1-10,13,23,34H,11-12,14H2. The number of fused-ring (bicyclic) bond motifs is 1. The second-order valence-corrected chi connectivity index (χ2v) is 11.4. The van der Waals surface area contributed by atoms with E-state index in [1.165, 1.54) is 36.0 Å². The van der Waals surface area contributed by atoms with E-state index >= 15 is 4.39 Å². The van der Waals surface area contributed by atoms with Crippen molar-refractivity contribution in [2.75, 3.05) is 18.1 Å². The molecule has 0 bridgehead atoms. The number of hydrogen-bond donors (Lipinski definition) is 1. The van der Waals surface area contributed by atoms with E-state index in [-0.39, 0.29) is 21.8 Å². The van der Waals surface area contributed by atoms with Gasteiger partial charge in [0.2, 0.25) is 5.13 Å². The van der Waals surface area contributed by atoms with Crippen LogP contribution in [0.4, 0.5) is 9.52 Å². The Morgan fingerprint density at radius 2 is 1.80 bits per heavy atom. The number of carbonyl (C=O) groups is 2. The highest BCUT2D eigenvalue weighted by molar-refractivity contribution is 8.00. The Balaban J connectivity index is 1.39. The summed E-state index contributed by atoms with van der Waals surface area (Å²) in [6, 6.07) is 16.6. The van der Waals surface area contributed by atoms with Crippen LogP contribution in [0.15, 0.2) is 76.6 Å². The molecule has 1 fully saturated rings. The van der Waals surface area contributed by atoms with Crippen molar-refractivity contribution < 1.29 is 28.6 Å². The Labute approximate surface area is 241 Å². The van der Waals surface area contributed by atoms with Crippen LogP contribution in [0.3, 0.4) is 0 Å². The van der Waals surface area contributed by atoms with E-state index in [4.69, 9.17) is 21.1 Å². The zero-order chi connectivity index (χ0) is 27.8. The summed E-state index contributed by atoms with van der Waals surface area (Å²) in [5, 5.41) is 20.4. The number of rotatable bonds is 6. The van der Waals surface area contributed by atoms with E-state index < -0.39 is 29.3 Å². The predicted octanol–water partition coefficient (Wildman–Crippen LogP) is 6.02. The molecule has 2 aliphatic rings. The van der Waals surface area contributed by atoms with Crippen molar-refractivity contribution in [3.63, 3.8) is 0 Å². The largest absolute Gasteiger partial charge is 0.507 e. The van der Waals surface area contributed by atoms with E-state index in [0.717, 1.165) is 21.8 Å².